The first-order chi connectivity index (χ1) is 10.2. The van der Waals surface area contributed by atoms with Gasteiger partial charge in [-0.1, -0.05) is 42.4 Å². The van der Waals surface area contributed by atoms with E-state index in [1.807, 2.05) is 44.2 Å². The Kier molecular flexibility index (Phi) is 5.59. The number of nitrogens with zero attached hydrogens (tertiary/aromatic N) is 3. The summed E-state index contributed by atoms with van der Waals surface area (Å²) in [5.41, 5.74) is 9.71. The van der Waals surface area contributed by atoms with Crippen molar-refractivity contribution in [1.82, 2.24) is 0 Å². The molecule has 0 spiro atoms. The maximum atomic E-state index is 10.4. The summed E-state index contributed by atoms with van der Waals surface area (Å²) in [6.45, 7) is 4.08. The minimum Gasteiger partial charge on any atom is -0.387 e. The van der Waals surface area contributed by atoms with Crippen molar-refractivity contribution < 1.29 is 14.6 Å². The Bertz CT molecular complexity index is 490. The van der Waals surface area contributed by atoms with Crippen LogP contribution in [0.3, 0.4) is 0 Å². The summed E-state index contributed by atoms with van der Waals surface area (Å²) in [4.78, 5) is 2.84. The maximum absolute atomic E-state index is 10.4. The van der Waals surface area contributed by atoms with Crippen LogP contribution >= 0.6 is 0 Å². The number of hydrogen-bond donors (Lipinski definition) is 1. The lowest BCUT2D eigenvalue weighted by Gasteiger charge is -2.41. The Morgan fingerprint density at radius 3 is 2.71 bits per heavy atom. The third-order valence-corrected chi connectivity index (χ3v) is 3.61. The molecular formula is C15H20N3O3. The van der Waals surface area contributed by atoms with E-state index in [0.29, 0.717) is 19.1 Å². The molecule has 1 aromatic rings. The van der Waals surface area contributed by atoms with E-state index in [1.54, 1.807) is 0 Å². The zero-order valence-electron chi connectivity index (χ0n) is 12.2. The van der Waals surface area contributed by atoms with Gasteiger partial charge in [0.05, 0.1) is 24.9 Å². The molecule has 4 atom stereocenters. The summed E-state index contributed by atoms with van der Waals surface area (Å²) in [7, 11) is 0. The molecule has 1 heterocycles. The molecule has 0 saturated carbocycles. The van der Waals surface area contributed by atoms with Gasteiger partial charge in [-0.15, -0.1) is 0 Å². The average Bonchev–Trinajstić information content (AvgIpc) is 2.51. The number of benzene rings is 1. The zero-order valence-corrected chi connectivity index (χ0v) is 12.2. The average molecular weight is 290 g/mol. The second kappa shape index (κ2) is 7.43. The zero-order chi connectivity index (χ0) is 15.2. The number of ether oxygens (including phenoxy) is 2. The highest BCUT2D eigenvalue weighted by Gasteiger charge is 2.43. The summed E-state index contributed by atoms with van der Waals surface area (Å²) in [6.07, 6.45) is -0.630. The fourth-order valence-corrected chi connectivity index (χ4v) is 2.48. The minimum atomic E-state index is -0.884. The summed E-state index contributed by atoms with van der Waals surface area (Å²) in [5.74, 6) is 0. The molecule has 0 unspecified atom stereocenters. The van der Waals surface area contributed by atoms with E-state index in [9.17, 15) is 5.11 Å². The fourth-order valence-electron chi connectivity index (χ4n) is 2.48. The van der Waals surface area contributed by atoms with E-state index in [2.05, 4.69) is 10.0 Å². The molecular weight excluding hydrogens is 270 g/mol. The second-order valence-electron chi connectivity index (χ2n) is 5.04. The van der Waals surface area contributed by atoms with Crippen LogP contribution in [0, 0.1) is 6.10 Å². The molecule has 0 amide bonds. The molecule has 1 fully saturated rings. The Morgan fingerprint density at radius 1 is 1.38 bits per heavy atom. The number of aliphatic hydroxyl groups excluding tert-OH is 1. The van der Waals surface area contributed by atoms with Crippen molar-refractivity contribution in [2.24, 2.45) is 5.11 Å². The van der Waals surface area contributed by atoms with E-state index in [4.69, 9.17) is 15.0 Å². The highest BCUT2D eigenvalue weighted by Crippen LogP contribution is 2.32. The second-order valence-corrected chi connectivity index (χ2v) is 5.04. The van der Waals surface area contributed by atoms with E-state index < -0.39 is 18.2 Å². The minimum absolute atomic E-state index is 0.319. The van der Waals surface area contributed by atoms with Gasteiger partial charge in [0.25, 0.3) is 0 Å². The Morgan fingerprint density at radius 2 is 2.10 bits per heavy atom. The van der Waals surface area contributed by atoms with E-state index in [-0.39, 0.29) is 6.10 Å². The van der Waals surface area contributed by atoms with Gasteiger partial charge in [0, 0.05) is 4.91 Å². The van der Waals surface area contributed by atoms with Crippen LogP contribution in [0.25, 0.3) is 10.4 Å². The molecule has 0 aliphatic carbocycles. The molecule has 0 aromatic heterocycles. The van der Waals surface area contributed by atoms with Gasteiger partial charge < -0.3 is 14.6 Å². The van der Waals surface area contributed by atoms with Gasteiger partial charge in [0.1, 0.15) is 12.2 Å². The molecule has 1 N–H and O–H groups in total. The van der Waals surface area contributed by atoms with Gasteiger partial charge >= 0.3 is 0 Å². The number of rotatable bonds is 5. The van der Waals surface area contributed by atoms with Crippen molar-refractivity contribution in [3.63, 3.8) is 0 Å². The molecule has 6 heteroatoms. The summed E-state index contributed by atoms with van der Waals surface area (Å²) in [5, 5.41) is 14.1. The SMILES string of the molecule is CC[C]1O[C@H](C)[C@@H](N=[N+]=[N-])[C@H](OCc2ccccc2)[C@@H]1O. The van der Waals surface area contributed by atoms with Gasteiger partial charge in [0.15, 0.2) is 0 Å². The third-order valence-electron chi connectivity index (χ3n) is 3.61. The molecule has 21 heavy (non-hydrogen) atoms. The molecule has 0 bridgehead atoms. The van der Waals surface area contributed by atoms with Crippen molar-refractivity contribution in [1.29, 1.82) is 0 Å². The largest absolute Gasteiger partial charge is 0.387 e. The van der Waals surface area contributed by atoms with Crippen molar-refractivity contribution in [3.8, 4) is 0 Å². The molecule has 1 aliphatic rings. The van der Waals surface area contributed by atoms with Gasteiger partial charge in [-0.2, -0.15) is 0 Å². The van der Waals surface area contributed by atoms with Crippen LogP contribution < -0.4 is 0 Å². The van der Waals surface area contributed by atoms with Crippen molar-refractivity contribution in [2.45, 2.75) is 51.2 Å². The molecule has 1 aliphatic heterocycles. The van der Waals surface area contributed by atoms with Crippen molar-refractivity contribution in [2.75, 3.05) is 0 Å². The maximum Gasteiger partial charge on any atom is 0.128 e. The molecule has 113 valence electrons. The number of azide groups is 1. The first-order valence-corrected chi connectivity index (χ1v) is 7.07. The molecule has 1 radical (unpaired) electrons. The van der Waals surface area contributed by atoms with E-state index >= 15 is 0 Å². The van der Waals surface area contributed by atoms with E-state index in [0.717, 1.165) is 5.56 Å². The third kappa shape index (κ3) is 3.74. The Balaban J connectivity index is 2.11. The van der Waals surface area contributed by atoms with Crippen molar-refractivity contribution >= 4 is 0 Å². The van der Waals surface area contributed by atoms with Crippen LogP contribution in [0.4, 0.5) is 0 Å². The normalized spacial score (nSPS) is 29.9. The van der Waals surface area contributed by atoms with Crippen LogP contribution in [0.15, 0.2) is 35.4 Å². The first-order valence-electron chi connectivity index (χ1n) is 7.07. The summed E-state index contributed by atoms with van der Waals surface area (Å²) >= 11 is 0. The monoisotopic (exact) mass is 290 g/mol. The molecule has 2 rings (SSSR count). The van der Waals surface area contributed by atoms with Crippen molar-refractivity contribution in [3.05, 3.63) is 52.4 Å². The van der Waals surface area contributed by atoms with E-state index in [1.165, 1.54) is 0 Å². The van der Waals surface area contributed by atoms with Crippen LogP contribution in [0.1, 0.15) is 25.8 Å². The molecule has 1 saturated heterocycles. The predicted octanol–water partition coefficient (Wildman–Crippen LogP) is 2.97. The van der Waals surface area contributed by atoms with Gasteiger partial charge in [-0.25, -0.2) is 0 Å². The Hall–Kier alpha value is -1.59. The van der Waals surface area contributed by atoms with Gasteiger partial charge in [-0.05, 0) is 24.4 Å². The van der Waals surface area contributed by atoms with Gasteiger partial charge in [0.2, 0.25) is 0 Å². The van der Waals surface area contributed by atoms with Crippen LogP contribution in [0.5, 0.6) is 0 Å². The highest BCUT2D eigenvalue weighted by molar-refractivity contribution is 5.14. The lowest BCUT2D eigenvalue weighted by atomic mass is 9.92. The lowest BCUT2D eigenvalue weighted by Crippen LogP contribution is -2.53. The van der Waals surface area contributed by atoms with Crippen LogP contribution in [-0.4, -0.2) is 29.5 Å². The summed E-state index contributed by atoms with van der Waals surface area (Å²) in [6, 6.07) is 9.13. The van der Waals surface area contributed by atoms with Crippen LogP contribution in [0.2, 0.25) is 0 Å². The smallest absolute Gasteiger partial charge is 0.128 e. The molecule has 1 aromatic carbocycles. The number of aliphatic hydroxyl groups is 1. The summed E-state index contributed by atoms with van der Waals surface area (Å²) < 4.78 is 11.5. The highest BCUT2D eigenvalue weighted by atomic mass is 16.5. The first kappa shape index (κ1) is 15.8. The lowest BCUT2D eigenvalue weighted by molar-refractivity contribution is -0.150. The topological polar surface area (TPSA) is 87.5 Å². The van der Waals surface area contributed by atoms with Gasteiger partial charge in [-0.3, -0.25) is 0 Å². The number of hydrogen-bond acceptors (Lipinski definition) is 4. The fraction of sp³-hybridized carbons (Fsp3) is 0.533. The van der Waals surface area contributed by atoms with Crippen LogP contribution in [-0.2, 0) is 16.1 Å². The quantitative estimate of drug-likeness (QED) is 0.513. The predicted molar refractivity (Wildman–Crippen MR) is 78.0 cm³/mol. The standard InChI is InChI=1S/C15H20N3O3/c1-3-12-14(19)15(13(17-18-16)10(2)21-12)20-9-11-7-5-4-6-8-11/h4-8,10,13-15,19H,3,9H2,1-2H3/t10-,13-,14-,15+/m1/s1. The molecule has 6 nitrogen and oxygen atoms in total. The Labute approximate surface area is 124 Å².